The Bertz CT molecular complexity index is 1410. The molecule has 5 rings (SSSR count). The Morgan fingerprint density at radius 1 is 0.474 bits per heavy atom. The molecule has 2 aliphatic heterocycles. The summed E-state index contributed by atoms with van der Waals surface area (Å²) in [4.78, 5) is 13.9. The van der Waals surface area contributed by atoms with Crippen molar-refractivity contribution in [1.29, 1.82) is 0 Å². The highest BCUT2D eigenvalue weighted by Gasteiger charge is 2.18. The van der Waals surface area contributed by atoms with Crippen LogP contribution >= 0.6 is 0 Å². The van der Waals surface area contributed by atoms with Crippen LogP contribution in [0.3, 0.4) is 0 Å². The third-order valence-electron chi connectivity index (χ3n) is 6.75. The summed E-state index contributed by atoms with van der Waals surface area (Å²) in [6.07, 6.45) is 16.9. The van der Waals surface area contributed by atoms with E-state index in [2.05, 4.69) is 149 Å². The number of hydrogen-bond donors (Lipinski definition) is 0. The Balaban J connectivity index is 1.34. The standard InChI is InChI=1S/C34H36N4/c1-33(2,3)29-9-7-11-31(35-29)37-21-17-27(18-22-37)25-13-15-26(16-14-25)28-19-23-38(24-20-28)32-12-8-10-30(36-32)34(4,5)6/h7-24H,1-6H3. The lowest BCUT2D eigenvalue weighted by molar-refractivity contribution is 0.569. The lowest BCUT2D eigenvalue weighted by Gasteiger charge is -2.22. The number of allylic oxidation sites excluding steroid dienone is 4. The van der Waals surface area contributed by atoms with Crippen LogP contribution in [-0.4, -0.2) is 9.97 Å². The van der Waals surface area contributed by atoms with Gasteiger partial charge in [-0.25, -0.2) is 9.97 Å². The third-order valence-corrected chi connectivity index (χ3v) is 6.75. The van der Waals surface area contributed by atoms with Crippen LogP contribution < -0.4 is 20.2 Å². The second-order valence-corrected chi connectivity index (χ2v) is 11.8. The van der Waals surface area contributed by atoms with Crippen molar-refractivity contribution in [2.24, 2.45) is 0 Å². The predicted octanol–water partition coefficient (Wildman–Crippen LogP) is 6.47. The van der Waals surface area contributed by atoms with Crippen molar-refractivity contribution < 1.29 is 0 Å². The maximum Gasteiger partial charge on any atom is 0.136 e. The molecular weight excluding hydrogens is 464 g/mol. The molecule has 2 aliphatic rings. The number of aromatic nitrogens is 2. The summed E-state index contributed by atoms with van der Waals surface area (Å²) in [6.45, 7) is 13.1. The van der Waals surface area contributed by atoms with Crippen LogP contribution in [0.4, 0.5) is 11.6 Å². The summed E-state index contributed by atoms with van der Waals surface area (Å²) < 4.78 is 0. The molecule has 0 bridgehead atoms. The van der Waals surface area contributed by atoms with E-state index >= 15 is 0 Å². The van der Waals surface area contributed by atoms with Crippen molar-refractivity contribution in [3.05, 3.63) is 132 Å². The first-order valence-electron chi connectivity index (χ1n) is 13.2. The van der Waals surface area contributed by atoms with E-state index in [0.29, 0.717) is 0 Å². The van der Waals surface area contributed by atoms with E-state index in [1.807, 2.05) is 12.1 Å². The summed E-state index contributed by atoms with van der Waals surface area (Å²) in [6, 6.07) is 21.2. The molecule has 0 N–H and O–H groups in total. The first kappa shape index (κ1) is 25.5. The Kier molecular flexibility index (Phi) is 6.66. The molecule has 0 aliphatic carbocycles. The minimum Gasteiger partial charge on any atom is -0.309 e. The van der Waals surface area contributed by atoms with E-state index in [-0.39, 0.29) is 10.8 Å². The van der Waals surface area contributed by atoms with E-state index in [1.165, 1.54) is 21.6 Å². The second kappa shape index (κ2) is 9.94. The molecule has 38 heavy (non-hydrogen) atoms. The normalized spacial score (nSPS) is 15.5. The summed E-state index contributed by atoms with van der Waals surface area (Å²) >= 11 is 0. The number of anilines is 2. The van der Waals surface area contributed by atoms with Gasteiger partial charge in [0, 0.05) is 47.0 Å². The second-order valence-electron chi connectivity index (χ2n) is 11.8. The van der Waals surface area contributed by atoms with Gasteiger partial charge < -0.3 is 9.80 Å². The minimum absolute atomic E-state index is 0.0193. The van der Waals surface area contributed by atoms with E-state index in [4.69, 9.17) is 9.97 Å². The summed E-state index contributed by atoms with van der Waals surface area (Å²) in [5, 5.41) is 2.37. The van der Waals surface area contributed by atoms with Gasteiger partial charge in [-0.1, -0.05) is 77.9 Å². The zero-order valence-corrected chi connectivity index (χ0v) is 23.2. The number of rotatable bonds is 2. The van der Waals surface area contributed by atoms with E-state index in [0.717, 1.165) is 23.0 Å². The lowest BCUT2D eigenvalue weighted by atomic mass is 9.92. The highest BCUT2D eigenvalue weighted by molar-refractivity contribution is 5.73. The number of benzene rings is 1. The molecular formula is C34H36N4. The fourth-order valence-electron chi connectivity index (χ4n) is 4.37. The van der Waals surface area contributed by atoms with Gasteiger partial charge in [0.1, 0.15) is 11.6 Å². The number of nitrogens with zero attached hydrogens (tertiary/aromatic N) is 4. The van der Waals surface area contributed by atoms with Crippen molar-refractivity contribution in [2.75, 3.05) is 9.80 Å². The maximum absolute atomic E-state index is 4.86. The molecule has 0 unspecified atom stereocenters. The fraction of sp³-hybridized carbons (Fsp3) is 0.235. The minimum atomic E-state index is 0.0193. The Morgan fingerprint density at radius 2 is 0.816 bits per heavy atom. The molecule has 3 aromatic rings. The highest BCUT2D eigenvalue weighted by Crippen LogP contribution is 2.25. The van der Waals surface area contributed by atoms with Crippen molar-refractivity contribution in [1.82, 2.24) is 9.97 Å². The van der Waals surface area contributed by atoms with Gasteiger partial charge in [-0.3, -0.25) is 0 Å². The third kappa shape index (κ3) is 5.55. The van der Waals surface area contributed by atoms with Crippen LogP contribution in [0.15, 0.2) is 110 Å². The Morgan fingerprint density at radius 3 is 1.13 bits per heavy atom. The Hall–Kier alpha value is -4.18. The molecule has 4 heteroatoms. The van der Waals surface area contributed by atoms with Gasteiger partial charge in [0.15, 0.2) is 0 Å². The van der Waals surface area contributed by atoms with E-state index < -0.39 is 0 Å². The molecule has 4 nitrogen and oxygen atoms in total. The lowest BCUT2D eigenvalue weighted by Crippen LogP contribution is -2.19. The van der Waals surface area contributed by atoms with Gasteiger partial charge in [0.05, 0.1) is 0 Å². The van der Waals surface area contributed by atoms with Gasteiger partial charge >= 0.3 is 0 Å². The zero-order valence-electron chi connectivity index (χ0n) is 23.2. The molecule has 0 spiro atoms. The van der Waals surface area contributed by atoms with Gasteiger partial charge in [0.25, 0.3) is 0 Å². The Labute approximate surface area is 226 Å². The number of hydrogen-bond acceptors (Lipinski definition) is 4. The summed E-state index contributed by atoms with van der Waals surface area (Å²) in [7, 11) is 0. The average Bonchev–Trinajstić information content (AvgIpc) is 2.93. The molecule has 0 radical (unpaired) electrons. The fourth-order valence-corrected chi connectivity index (χ4v) is 4.37. The molecule has 192 valence electrons. The van der Waals surface area contributed by atoms with Gasteiger partial charge in [-0.2, -0.15) is 0 Å². The number of pyridine rings is 2. The van der Waals surface area contributed by atoms with Crippen molar-refractivity contribution in [3.8, 4) is 0 Å². The van der Waals surface area contributed by atoms with Crippen LogP contribution in [-0.2, 0) is 10.8 Å². The van der Waals surface area contributed by atoms with Crippen LogP contribution in [0.5, 0.6) is 0 Å². The van der Waals surface area contributed by atoms with E-state index in [9.17, 15) is 0 Å². The molecule has 1 aromatic carbocycles. The van der Waals surface area contributed by atoms with Crippen molar-refractivity contribution in [2.45, 2.75) is 52.4 Å². The van der Waals surface area contributed by atoms with Crippen molar-refractivity contribution in [3.63, 3.8) is 0 Å². The van der Waals surface area contributed by atoms with E-state index in [1.54, 1.807) is 0 Å². The van der Waals surface area contributed by atoms with Crippen molar-refractivity contribution >= 4 is 22.8 Å². The molecule has 0 amide bonds. The molecule has 0 atom stereocenters. The molecule has 0 saturated carbocycles. The smallest absolute Gasteiger partial charge is 0.136 e. The molecule has 0 saturated heterocycles. The van der Waals surface area contributed by atoms with Gasteiger partial charge in [-0.05, 0) is 70.2 Å². The van der Waals surface area contributed by atoms with Crippen LogP contribution in [0.2, 0.25) is 0 Å². The maximum atomic E-state index is 4.86. The topological polar surface area (TPSA) is 32.3 Å². The van der Waals surface area contributed by atoms with Gasteiger partial charge in [-0.15, -0.1) is 0 Å². The predicted molar refractivity (Wildman–Crippen MR) is 160 cm³/mol. The highest BCUT2D eigenvalue weighted by atomic mass is 15.2. The quantitative estimate of drug-likeness (QED) is 0.404. The monoisotopic (exact) mass is 500 g/mol. The SMILES string of the molecule is CC(C)(C)c1cccc(N2C=CC(=c3ccc(=C4C=CN(c5cccc(C(C)(C)C)n5)C=C4)cc3)C=C2)n1. The summed E-state index contributed by atoms with van der Waals surface area (Å²) in [5.74, 6) is 1.86. The molecule has 2 aromatic heterocycles. The van der Waals surface area contributed by atoms with Crippen LogP contribution in [0, 0.1) is 0 Å². The first-order chi connectivity index (χ1) is 18.1. The zero-order chi connectivity index (χ0) is 26.9. The first-order valence-corrected chi connectivity index (χ1v) is 13.2. The average molecular weight is 501 g/mol. The largest absolute Gasteiger partial charge is 0.309 e. The van der Waals surface area contributed by atoms with Crippen LogP contribution in [0.25, 0.3) is 11.1 Å². The van der Waals surface area contributed by atoms with Gasteiger partial charge in [0.2, 0.25) is 0 Å². The molecule has 4 heterocycles. The summed E-state index contributed by atoms with van der Waals surface area (Å²) in [5.41, 5.74) is 4.56. The van der Waals surface area contributed by atoms with Crippen LogP contribution in [0.1, 0.15) is 52.9 Å². The molecule has 0 fully saturated rings.